The minimum atomic E-state index is -0.385. The molecule has 4 bridgehead atoms. The Bertz CT molecular complexity index is 2520. The molecule has 1 saturated heterocycles. The molecular weight excluding hydrogens is 895 g/mol. The van der Waals surface area contributed by atoms with Crippen LogP contribution in [0, 0.1) is 52.8 Å². The number of aryl methyl sites for hydroxylation is 3. The average molecular weight is 976 g/mol. The van der Waals surface area contributed by atoms with Crippen molar-refractivity contribution in [2.75, 3.05) is 33.3 Å². The molecule has 1 unspecified atom stereocenters. The van der Waals surface area contributed by atoms with Crippen molar-refractivity contribution < 1.29 is 24.5 Å². The molecule has 0 spiro atoms. The van der Waals surface area contributed by atoms with Crippen molar-refractivity contribution in [3.05, 3.63) is 136 Å². The molecule has 0 aromatic heterocycles. The molecule has 3 heterocycles. The van der Waals surface area contributed by atoms with Gasteiger partial charge >= 0.3 is 0 Å². The number of fused-ring (bicyclic) bond motifs is 4. The van der Waals surface area contributed by atoms with Gasteiger partial charge in [-0.2, -0.15) is 0 Å². The number of aromatic hydroxyl groups is 1. The SMILES string of the molecule is COc1cc(/C=C/C(=O)CC(=O)C[C@H]2C[C@]3(C[C@@H]4[C@H]5CCNC[C@H]5C[C@@H]5C=CCN[C@@H]45)[C@@H]4C[C@H]2CC[C@H]3[C@H](NC[C@H](C)O)C4)c(CC2=CNC(N)C=C2CCc2cccc(CCc3ccccc3)c2)cc1O. The van der Waals surface area contributed by atoms with E-state index in [2.05, 4.69) is 94.1 Å². The minimum absolute atomic E-state index is 0.0322. The van der Waals surface area contributed by atoms with Crippen LogP contribution in [0.4, 0.5) is 0 Å². The summed E-state index contributed by atoms with van der Waals surface area (Å²) in [6, 6.07) is 23.9. The highest BCUT2D eigenvalue weighted by Gasteiger charge is 2.62. The highest BCUT2D eigenvalue weighted by Crippen LogP contribution is 2.67. The van der Waals surface area contributed by atoms with Gasteiger partial charge in [-0.05, 0) is 219 Å². The average Bonchev–Trinajstić information content (AvgIpc) is 3.46. The van der Waals surface area contributed by atoms with E-state index in [1.807, 2.05) is 13.1 Å². The summed E-state index contributed by atoms with van der Waals surface area (Å²) in [5.41, 5.74) is 14.3. The van der Waals surface area contributed by atoms with Crippen molar-refractivity contribution in [1.29, 1.82) is 0 Å². The second-order valence-electron chi connectivity index (χ2n) is 23.2. The monoisotopic (exact) mass is 976 g/mol. The van der Waals surface area contributed by atoms with Crippen LogP contribution in [0.5, 0.6) is 11.5 Å². The van der Waals surface area contributed by atoms with Crippen LogP contribution in [-0.4, -0.2) is 79.4 Å². The van der Waals surface area contributed by atoms with Crippen molar-refractivity contribution in [1.82, 2.24) is 21.3 Å². The van der Waals surface area contributed by atoms with E-state index in [0.29, 0.717) is 78.6 Å². The van der Waals surface area contributed by atoms with Crippen LogP contribution < -0.4 is 31.7 Å². The molecule has 5 saturated carbocycles. The van der Waals surface area contributed by atoms with Gasteiger partial charge in [0.1, 0.15) is 5.78 Å². The summed E-state index contributed by atoms with van der Waals surface area (Å²) in [5, 5.41) is 36.3. The number of Topliss-reactive ketones (excluding diaryl/α,β-unsaturated/α-hetero) is 1. The van der Waals surface area contributed by atoms with Gasteiger partial charge in [0.15, 0.2) is 17.3 Å². The second kappa shape index (κ2) is 22.7. The molecule has 6 fully saturated rings. The Balaban J connectivity index is 0.814. The van der Waals surface area contributed by atoms with E-state index in [9.17, 15) is 19.8 Å². The van der Waals surface area contributed by atoms with Crippen LogP contribution >= 0.6 is 0 Å². The van der Waals surface area contributed by atoms with Crippen LogP contribution in [0.1, 0.15) is 105 Å². The van der Waals surface area contributed by atoms with Gasteiger partial charge < -0.3 is 42.0 Å². The lowest BCUT2D eigenvalue weighted by Gasteiger charge is -2.55. The van der Waals surface area contributed by atoms with E-state index in [1.165, 1.54) is 55.9 Å². The molecule has 384 valence electrons. The first-order chi connectivity index (χ1) is 35.0. The molecule has 11 rings (SSSR count). The number of aliphatic hydroxyl groups is 1. The maximum absolute atomic E-state index is 14.2. The molecule has 5 aliphatic carbocycles. The number of carbonyl (C=O) groups excluding carboxylic acids is 2. The second-order valence-corrected chi connectivity index (χ2v) is 23.2. The van der Waals surface area contributed by atoms with Gasteiger partial charge in [-0.15, -0.1) is 0 Å². The zero-order valence-corrected chi connectivity index (χ0v) is 42.9. The number of aliphatic hydroxyl groups excluding tert-OH is 1. The summed E-state index contributed by atoms with van der Waals surface area (Å²) in [6.07, 6.45) is 25.5. The Kier molecular flexibility index (Phi) is 16.0. The lowest BCUT2D eigenvalue weighted by molar-refractivity contribution is -0.126. The Morgan fingerprint density at radius 3 is 2.57 bits per heavy atom. The number of rotatable bonds is 20. The first kappa shape index (κ1) is 50.7. The third-order valence-corrected chi connectivity index (χ3v) is 18.8. The van der Waals surface area contributed by atoms with Gasteiger partial charge in [0, 0.05) is 37.8 Å². The Morgan fingerprint density at radius 2 is 1.75 bits per heavy atom. The maximum atomic E-state index is 14.2. The van der Waals surface area contributed by atoms with Crippen LogP contribution in [0.25, 0.3) is 6.08 Å². The third kappa shape index (κ3) is 11.4. The Morgan fingerprint density at radius 1 is 0.944 bits per heavy atom. The number of dihydropyridines is 1. The number of carbonyl (C=O) groups is 2. The van der Waals surface area contributed by atoms with E-state index in [1.54, 1.807) is 24.3 Å². The zero-order valence-electron chi connectivity index (χ0n) is 42.9. The zero-order chi connectivity index (χ0) is 49.8. The number of phenols is 1. The van der Waals surface area contributed by atoms with Gasteiger partial charge in [0.2, 0.25) is 0 Å². The number of ether oxygens (including phenoxy) is 1. The number of nitrogens with two attached hydrogens (primary N) is 1. The Hall–Kier alpha value is -4.84. The standard InChI is InChI=1S/C62H81N5O5/c1-39(68)36-66-57-32-51-27-43-18-20-56(57)62(51,35-55-54-21-23-64-37-50(54)25-46-12-7-22-65-61(46)55)34-48(43)28-53(70)33-52(69)19-17-44-30-59(72-2)58(71)29-47(44)26-49-38-67-60(63)31-45(49)16-15-42-11-6-10-41(24-42)14-13-40-8-4-3-5-9-40/h3-12,17,19,24,29-31,38-39,43,46,48,50-51,54-57,60-61,64-68,71H,13-16,18,20-23,25-28,32-37,63H2,1-2H3/b19-17+/t39-,43+,46-,48-,50+,51+,54-,55+,56-,57+,60?,61+,62-/m0/s1. The lowest BCUT2D eigenvalue weighted by atomic mass is 9.52. The van der Waals surface area contributed by atoms with E-state index >= 15 is 0 Å². The highest BCUT2D eigenvalue weighted by molar-refractivity contribution is 6.06. The van der Waals surface area contributed by atoms with Gasteiger partial charge in [-0.1, -0.05) is 72.8 Å². The minimum Gasteiger partial charge on any atom is -0.504 e. The molecule has 3 aromatic rings. The van der Waals surface area contributed by atoms with Crippen molar-refractivity contribution in [3.63, 3.8) is 0 Å². The van der Waals surface area contributed by atoms with E-state index in [4.69, 9.17) is 10.5 Å². The van der Waals surface area contributed by atoms with Crippen LogP contribution in [-0.2, 0) is 35.3 Å². The number of hydrogen-bond donors (Lipinski definition) is 7. The van der Waals surface area contributed by atoms with E-state index in [0.717, 1.165) is 86.9 Å². The fourth-order valence-electron chi connectivity index (χ4n) is 15.5. The predicted octanol–water partition coefficient (Wildman–Crippen LogP) is 8.55. The fraction of sp³-hybridized carbons (Fsp3) is 0.548. The summed E-state index contributed by atoms with van der Waals surface area (Å²) >= 11 is 0. The van der Waals surface area contributed by atoms with Crippen LogP contribution in [0.3, 0.4) is 0 Å². The smallest absolute Gasteiger partial charge is 0.163 e. The van der Waals surface area contributed by atoms with E-state index < -0.39 is 0 Å². The quantitative estimate of drug-likeness (QED) is 0.0333. The molecule has 8 aliphatic rings. The van der Waals surface area contributed by atoms with Crippen LogP contribution in [0.2, 0.25) is 0 Å². The molecule has 10 heteroatoms. The highest BCUT2D eigenvalue weighted by atomic mass is 16.5. The summed E-state index contributed by atoms with van der Waals surface area (Å²) in [7, 11) is 1.53. The molecule has 0 amide bonds. The predicted molar refractivity (Wildman–Crippen MR) is 287 cm³/mol. The normalized spacial score (nSPS) is 32.0. The number of phenolic OH excluding ortho intramolecular Hbond substituents is 1. The first-order valence-electron chi connectivity index (χ1n) is 27.7. The molecule has 72 heavy (non-hydrogen) atoms. The summed E-state index contributed by atoms with van der Waals surface area (Å²) in [5.74, 6) is 4.71. The number of piperidine rings is 1. The van der Waals surface area contributed by atoms with Gasteiger partial charge in [0.25, 0.3) is 0 Å². The summed E-state index contributed by atoms with van der Waals surface area (Å²) < 4.78 is 5.55. The van der Waals surface area contributed by atoms with Crippen molar-refractivity contribution in [3.8, 4) is 11.5 Å². The van der Waals surface area contributed by atoms with Crippen LogP contribution in [0.15, 0.2) is 108 Å². The van der Waals surface area contributed by atoms with Gasteiger partial charge in [0.05, 0.1) is 25.8 Å². The molecule has 0 radical (unpaired) electrons. The van der Waals surface area contributed by atoms with Gasteiger partial charge in [-0.25, -0.2) is 0 Å². The number of methoxy groups -OCH3 is 1. The number of nitrogens with one attached hydrogen (secondary N) is 4. The maximum Gasteiger partial charge on any atom is 0.163 e. The van der Waals surface area contributed by atoms with Crippen molar-refractivity contribution in [2.45, 2.75) is 128 Å². The molecular formula is C62H81N5O5. The molecule has 3 aliphatic heterocycles. The van der Waals surface area contributed by atoms with E-state index in [-0.39, 0.29) is 47.3 Å². The van der Waals surface area contributed by atoms with Crippen molar-refractivity contribution >= 4 is 17.6 Å². The molecule has 3 aromatic carbocycles. The largest absolute Gasteiger partial charge is 0.504 e. The fourth-order valence-corrected chi connectivity index (χ4v) is 15.5. The third-order valence-electron chi connectivity index (χ3n) is 18.8. The number of ketones is 2. The first-order valence-corrected chi connectivity index (χ1v) is 27.7. The lowest BCUT2D eigenvalue weighted by Crippen LogP contribution is -2.58. The number of benzene rings is 3. The molecule has 10 nitrogen and oxygen atoms in total. The summed E-state index contributed by atoms with van der Waals surface area (Å²) in [4.78, 5) is 28.1. The van der Waals surface area contributed by atoms with Crippen molar-refractivity contribution in [2.24, 2.45) is 58.5 Å². The summed E-state index contributed by atoms with van der Waals surface area (Å²) in [6.45, 7) is 5.67. The number of hydrogen-bond acceptors (Lipinski definition) is 10. The molecule has 8 N–H and O–H groups in total. The topological polar surface area (TPSA) is 158 Å². The Labute approximate surface area is 428 Å². The van der Waals surface area contributed by atoms with Gasteiger partial charge in [-0.3, -0.25) is 9.59 Å². The number of allylic oxidation sites excluding steroid dienone is 3. The molecule has 13 atom stereocenters.